The Hall–Kier alpha value is -2.42. The number of nitrogens with one attached hydrogen (secondary N) is 2. The Morgan fingerprint density at radius 3 is 2.72 bits per heavy atom. The van der Waals surface area contributed by atoms with Gasteiger partial charge in [-0.3, -0.25) is 4.98 Å². The Kier molecular flexibility index (Phi) is 4.76. The van der Waals surface area contributed by atoms with Crippen molar-refractivity contribution in [2.75, 3.05) is 10.6 Å². The Labute approximate surface area is 146 Å². The van der Waals surface area contributed by atoms with Crippen LogP contribution in [-0.4, -0.2) is 21.0 Å². The normalized spacial score (nSPS) is 11.9. The first-order chi connectivity index (χ1) is 11.8. The maximum absolute atomic E-state index is 13.1. The van der Waals surface area contributed by atoms with Crippen LogP contribution in [0, 0.1) is 0 Å². The maximum Gasteiger partial charge on any atom is 0.433 e. The summed E-state index contributed by atoms with van der Waals surface area (Å²) < 4.78 is 40.0. The number of halogens is 3. The molecule has 3 aromatic rings. The molecule has 132 valence electrons. The number of alkyl halides is 3. The van der Waals surface area contributed by atoms with Gasteiger partial charge in [0.1, 0.15) is 11.5 Å². The number of hydrogen-bond acceptors (Lipinski definition) is 6. The number of rotatable bonds is 5. The Morgan fingerprint density at radius 1 is 1.20 bits per heavy atom. The van der Waals surface area contributed by atoms with Crippen LogP contribution >= 0.6 is 11.3 Å². The second-order valence-electron chi connectivity index (χ2n) is 5.69. The van der Waals surface area contributed by atoms with Crippen molar-refractivity contribution in [2.24, 2.45) is 0 Å². The highest BCUT2D eigenvalue weighted by Gasteiger charge is 2.34. The zero-order chi connectivity index (χ0) is 18.0. The molecular weight excluding hydrogens is 351 g/mol. The Bertz CT molecular complexity index is 876. The minimum absolute atomic E-state index is 0.0339. The molecule has 0 unspecified atom stereocenters. The lowest BCUT2D eigenvalue weighted by molar-refractivity contribution is -0.141. The molecule has 0 aliphatic heterocycles. The van der Waals surface area contributed by atoms with Gasteiger partial charge in [0.25, 0.3) is 0 Å². The molecule has 2 N–H and O–H groups in total. The average Bonchev–Trinajstić information content (AvgIpc) is 3.00. The van der Waals surface area contributed by atoms with Crippen LogP contribution in [0.1, 0.15) is 25.1 Å². The number of anilines is 2. The van der Waals surface area contributed by atoms with Crippen LogP contribution in [0.4, 0.5) is 24.9 Å². The van der Waals surface area contributed by atoms with Gasteiger partial charge in [0, 0.05) is 24.3 Å². The first-order valence-corrected chi connectivity index (χ1v) is 8.49. The fourth-order valence-corrected chi connectivity index (χ4v) is 3.12. The van der Waals surface area contributed by atoms with Crippen LogP contribution in [-0.2, 0) is 12.7 Å². The maximum atomic E-state index is 13.1. The molecule has 0 aromatic carbocycles. The lowest BCUT2D eigenvalue weighted by Gasteiger charge is -2.14. The predicted molar refractivity (Wildman–Crippen MR) is 92.7 cm³/mol. The molecule has 0 amide bonds. The molecule has 0 bridgehead atoms. The van der Waals surface area contributed by atoms with E-state index in [2.05, 4.69) is 25.6 Å². The zero-order valence-corrected chi connectivity index (χ0v) is 14.4. The highest BCUT2D eigenvalue weighted by Crippen LogP contribution is 2.31. The molecule has 0 aliphatic rings. The van der Waals surface area contributed by atoms with Crippen LogP contribution in [0.25, 0.3) is 10.2 Å². The molecule has 0 spiro atoms. The number of thiophene rings is 1. The lowest BCUT2D eigenvalue weighted by atomic mass is 10.2. The standard InChI is InChI=1S/C16H16F3N5S/c1-9(2)22-15-23-11-5-7-25-12(11)14(24-15)21-8-10-4-3-6-20-13(10)16(17,18)19/h3-7,9H,8H2,1-2H3,(H2,21,22,23,24). The van der Waals surface area contributed by atoms with Crippen LogP contribution in [0.3, 0.4) is 0 Å². The van der Waals surface area contributed by atoms with Gasteiger partial charge in [-0.2, -0.15) is 18.2 Å². The summed E-state index contributed by atoms with van der Waals surface area (Å²) in [6.07, 6.45) is -3.36. The van der Waals surface area contributed by atoms with Crippen molar-refractivity contribution < 1.29 is 13.2 Å². The molecule has 0 saturated heterocycles. The van der Waals surface area contributed by atoms with E-state index < -0.39 is 11.9 Å². The van der Waals surface area contributed by atoms with E-state index in [-0.39, 0.29) is 18.2 Å². The van der Waals surface area contributed by atoms with E-state index in [1.165, 1.54) is 23.5 Å². The minimum atomic E-state index is -4.49. The van der Waals surface area contributed by atoms with Crippen molar-refractivity contribution in [2.45, 2.75) is 32.6 Å². The van der Waals surface area contributed by atoms with Crippen molar-refractivity contribution >= 4 is 33.3 Å². The predicted octanol–water partition coefficient (Wildman–Crippen LogP) is 4.54. The molecule has 0 saturated carbocycles. The Morgan fingerprint density at radius 2 is 2.00 bits per heavy atom. The van der Waals surface area contributed by atoms with Crippen LogP contribution in [0.2, 0.25) is 0 Å². The first-order valence-electron chi connectivity index (χ1n) is 7.61. The van der Waals surface area contributed by atoms with Crippen molar-refractivity contribution in [3.05, 3.63) is 41.0 Å². The van der Waals surface area contributed by atoms with Crippen molar-refractivity contribution in [3.8, 4) is 0 Å². The summed E-state index contributed by atoms with van der Waals surface area (Å²) in [5.41, 5.74) is -0.0796. The van der Waals surface area contributed by atoms with Gasteiger partial charge in [0.2, 0.25) is 5.95 Å². The highest BCUT2D eigenvalue weighted by molar-refractivity contribution is 7.17. The molecule has 0 radical (unpaired) electrons. The van der Waals surface area contributed by atoms with Gasteiger partial charge in [0.15, 0.2) is 0 Å². The number of nitrogens with zero attached hydrogens (tertiary/aromatic N) is 3. The monoisotopic (exact) mass is 367 g/mol. The van der Waals surface area contributed by atoms with Gasteiger partial charge in [-0.05, 0) is 31.4 Å². The molecule has 3 heterocycles. The SMILES string of the molecule is CC(C)Nc1nc(NCc2cccnc2C(F)(F)F)c2sccc2n1. The third-order valence-corrected chi connectivity index (χ3v) is 4.24. The molecule has 3 rings (SSSR count). The van der Waals surface area contributed by atoms with Crippen LogP contribution in [0.15, 0.2) is 29.8 Å². The quantitative estimate of drug-likeness (QED) is 0.693. The van der Waals surface area contributed by atoms with E-state index in [0.717, 1.165) is 16.4 Å². The molecule has 9 heteroatoms. The van der Waals surface area contributed by atoms with Gasteiger partial charge in [-0.25, -0.2) is 4.98 Å². The van der Waals surface area contributed by atoms with E-state index in [1.54, 1.807) is 0 Å². The number of aromatic nitrogens is 3. The molecule has 0 atom stereocenters. The van der Waals surface area contributed by atoms with Crippen molar-refractivity contribution in [3.63, 3.8) is 0 Å². The number of pyridine rings is 1. The summed E-state index contributed by atoms with van der Waals surface area (Å²) in [6, 6.07) is 4.88. The molecular formula is C16H16F3N5S. The molecule has 5 nitrogen and oxygen atoms in total. The molecule has 0 fully saturated rings. The topological polar surface area (TPSA) is 62.7 Å². The van der Waals surface area contributed by atoms with Crippen LogP contribution in [0.5, 0.6) is 0 Å². The summed E-state index contributed by atoms with van der Waals surface area (Å²) >= 11 is 1.43. The third kappa shape index (κ3) is 3.98. The van der Waals surface area contributed by atoms with Crippen molar-refractivity contribution in [1.29, 1.82) is 0 Å². The van der Waals surface area contributed by atoms with Gasteiger partial charge in [0.05, 0.1) is 10.2 Å². The van der Waals surface area contributed by atoms with E-state index in [4.69, 9.17) is 0 Å². The summed E-state index contributed by atoms with van der Waals surface area (Å²) in [7, 11) is 0. The average molecular weight is 367 g/mol. The second-order valence-corrected chi connectivity index (χ2v) is 6.61. The van der Waals surface area contributed by atoms with Crippen molar-refractivity contribution in [1.82, 2.24) is 15.0 Å². The highest BCUT2D eigenvalue weighted by atomic mass is 32.1. The Balaban J connectivity index is 1.90. The molecule has 0 aliphatic carbocycles. The summed E-state index contributed by atoms with van der Waals surface area (Å²) in [5.74, 6) is 0.936. The van der Waals surface area contributed by atoms with Gasteiger partial charge in [-0.1, -0.05) is 6.07 Å². The summed E-state index contributed by atoms with van der Waals surface area (Å²) in [6.45, 7) is 3.88. The fraction of sp³-hybridized carbons (Fsp3) is 0.312. The van der Waals surface area contributed by atoms with E-state index in [9.17, 15) is 13.2 Å². The van der Waals surface area contributed by atoms with E-state index >= 15 is 0 Å². The van der Waals surface area contributed by atoms with E-state index in [1.807, 2.05) is 25.3 Å². The second kappa shape index (κ2) is 6.83. The van der Waals surface area contributed by atoms with Crippen LogP contribution < -0.4 is 10.6 Å². The molecule has 25 heavy (non-hydrogen) atoms. The van der Waals surface area contributed by atoms with Gasteiger partial charge in [-0.15, -0.1) is 11.3 Å². The molecule has 3 aromatic heterocycles. The number of hydrogen-bond donors (Lipinski definition) is 2. The van der Waals surface area contributed by atoms with Gasteiger partial charge < -0.3 is 10.6 Å². The lowest BCUT2D eigenvalue weighted by Crippen LogP contribution is -2.15. The number of fused-ring (bicyclic) bond motifs is 1. The minimum Gasteiger partial charge on any atom is -0.365 e. The fourth-order valence-electron chi connectivity index (χ4n) is 2.32. The summed E-state index contributed by atoms with van der Waals surface area (Å²) in [5, 5.41) is 7.98. The smallest absolute Gasteiger partial charge is 0.365 e. The van der Waals surface area contributed by atoms with Gasteiger partial charge >= 0.3 is 6.18 Å². The zero-order valence-electron chi connectivity index (χ0n) is 13.6. The van der Waals surface area contributed by atoms with E-state index in [0.29, 0.717) is 11.8 Å². The first kappa shape index (κ1) is 17.4. The summed E-state index contributed by atoms with van der Waals surface area (Å²) in [4.78, 5) is 12.3. The largest absolute Gasteiger partial charge is 0.433 e. The third-order valence-electron chi connectivity index (χ3n) is 3.33.